The lowest BCUT2D eigenvalue weighted by molar-refractivity contribution is -0.145. The van der Waals surface area contributed by atoms with Crippen LogP contribution in [0.4, 0.5) is 0 Å². The third kappa shape index (κ3) is 35.5. The van der Waals surface area contributed by atoms with Gasteiger partial charge in [-0.3, -0.25) is 9.59 Å². The summed E-state index contributed by atoms with van der Waals surface area (Å²) in [6.07, 6.45) is 8.07. The molecule has 4 rings (SSSR count). The van der Waals surface area contributed by atoms with Gasteiger partial charge in [-0.15, -0.1) is 0 Å². The number of ether oxygens (including phenoxy) is 12. The summed E-state index contributed by atoms with van der Waals surface area (Å²) in [4.78, 5) is 93.0. The summed E-state index contributed by atoms with van der Waals surface area (Å²) >= 11 is 0. The van der Waals surface area contributed by atoms with Crippen molar-refractivity contribution < 1.29 is 95.2 Å². The maximum absolute atomic E-state index is 12.1. The Balaban J connectivity index is 0.000000475. The lowest BCUT2D eigenvalue weighted by Gasteiger charge is -2.22. The van der Waals surface area contributed by atoms with Crippen molar-refractivity contribution in [3.63, 3.8) is 0 Å². The highest BCUT2D eigenvalue weighted by Gasteiger charge is 2.23. The summed E-state index contributed by atoms with van der Waals surface area (Å²) in [6.45, 7) is 34.7. The van der Waals surface area contributed by atoms with Gasteiger partial charge in [0.1, 0.15) is 66.9 Å². The Labute approximate surface area is 549 Å². The molecule has 3 aromatic rings. The monoisotopic (exact) mass is 1300 g/mol. The van der Waals surface area contributed by atoms with Crippen LogP contribution in [-0.2, 0) is 77.9 Å². The van der Waals surface area contributed by atoms with Crippen molar-refractivity contribution in [2.24, 2.45) is 5.92 Å². The van der Waals surface area contributed by atoms with E-state index < -0.39 is 54.1 Å². The summed E-state index contributed by atoms with van der Waals surface area (Å²) in [6, 6.07) is 12.0. The Morgan fingerprint density at radius 1 is 0.473 bits per heavy atom. The molecular formula is C70H101N3O20. The van der Waals surface area contributed by atoms with Gasteiger partial charge in [0.05, 0.1) is 26.4 Å². The second kappa shape index (κ2) is 44.4. The van der Waals surface area contributed by atoms with E-state index >= 15 is 0 Å². The predicted octanol–water partition coefficient (Wildman–Crippen LogP) is 8.95. The Kier molecular flexibility index (Phi) is 38.7. The molecule has 23 heteroatoms. The van der Waals surface area contributed by atoms with Crippen LogP contribution in [0.3, 0.4) is 0 Å². The van der Waals surface area contributed by atoms with Crippen LogP contribution in [0.2, 0.25) is 0 Å². The van der Waals surface area contributed by atoms with Crippen LogP contribution in [-0.4, -0.2) is 157 Å². The fourth-order valence-corrected chi connectivity index (χ4v) is 8.07. The van der Waals surface area contributed by atoms with Crippen LogP contribution in [0.1, 0.15) is 128 Å². The van der Waals surface area contributed by atoms with Crippen LogP contribution >= 0.6 is 0 Å². The Hall–Kier alpha value is -8.12. The summed E-state index contributed by atoms with van der Waals surface area (Å²) in [7, 11) is 0. The van der Waals surface area contributed by atoms with Crippen molar-refractivity contribution in [2.45, 2.75) is 173 Å². The molecule has 93 heavy (non-hydrogen) atoms. The van der Waals surface area contributed by atoms with Crippen molar-refractivity contribution in [1.29, 1.82) is 0 Å². The molecule has 3 atom stereocenters. The highest BCUT2D eigenvalue weighted by molar-refractivity contribution is 5.93. The third-order valence-electron chi connectivity index (χ3n) is 13.3. The molecule has 0 bridgehead atoms. The van der Waals surface area contributed by atoms with Crippen LogP contribution < -0.4 is 39.6 Å². The van der Waals surface area contributed by atoms with E-state index in [-0.39, 0.29) is 69.7 Å². The molecule has 0 amide bonds. The van der Waals surface area contributed by atoms with Gasteiger partial charge in [-0.2, -0.15) is 0 Å². The van der Waals surface area contributed by atoms with Crippen molar-refractivity contribution in [3.05, 3.63) is 112 Å². The van der Waals surface area contributed by atoms with E-state index in [1.54, 1.807) is 32.9 Å². The van der Waals surface area contributed by atoms with Gasteiger partial charge in [-0.25, -0.2) is 28.8 Å². The summed E-state index contributed by atoms with van der Waals surface area (Å²) in [5.74, 6) is -0.775. The summed E-state index contributed by atoms with van der Waals surface area (Å²) in [5, 5.41) is 9.66. The Morgan fingerprint density at radius 3 is 1.12 bits per heavy atom. The van der Waals surface area contributed by atoms with Gasteiger partial charge in [0.25, 0.3) is 0 Å². The molecule has 3 N–H and O–H groups in total. The van der Waals surface area contributed by atoms with Gasteiger partial charge in [0, 0.05) is 94.7 Å². The van der Waals surface area contributed by atoms with Gasteiger partial charge in [0.15, 0.2) is 0 Å². The van der Waals surface area contributed by atoms with Crippen LogP contribution in [0.5, 0.6) is 28.7 Å². The predicted molar refractivity (Wildman–Crippen MR) is 350 cm³/mol. The number of esters is 8. The van der Waals surface area contributed by atoms with Crippen molar-refractivity contribution in [1.82, 2.24) is 16.0 Å². The number of carbonyl (C=O) groups excluding carboxylic acids is 8. The molecule has 0 saturated heterocycles. The van der Waals surface area contributed by atoms with Gasteiger partial charge in [0.2, 0.25) is 0 Å². The molecule has 0 heterocycles. The topological polar surface area (TPSA) is 283 Å². The maximum atomic E-state index is 12.1. The molecule has 516 valence electrons. The first-order valence-corrected chi connectivity index (χ1v) is 31.6. The Morgan fingerprint density at radius 2 is 0.806 bits per heavy atom. The molecule has 1 saturated carbocycles. The molecule has 3 unspecified atom stereocenters. The first kappa shape index (κ1) is 81.0. The fraction of sp³-hybridized carbons (Fsp3) is 0.543. The van der Waals surface area contributed by atoms with E-state index in [1.165, 1.54) is 32.3 Å². The van der Waals surface area contributed by atoms with Crippen LogP contribution in [0.15, 0.2) is 72.9 Å². The minimum Gasteiger partial charge on any atom is -0.490 e. The first-order valence-electron chi connectivity index (χ1n) is 31.6. The molecule has 0 aromatic heterocycles. The normalized spacial score (nSPS) is 12.9. The number of nitrogens with one attached hydrogen (secondary N) is 3. The number of hydrogen-bond donors (Lipinski definition) is 3. The van der Waals surface area contributed by atoms with Crippen molar-refractivity contribution in [2.75, 3.05) is 72.5 Å². The average Bonchev–Trinajstić information content (AvgIpc) is 1.60. The van der Waals surface area contributed by atoms with E-state index in [0.717, 1.165) is 95.4 Å². The average molecular weight is 1300 g/mol. The molecule has 0 radical (unpaired) electrons. The molecule has 0 aliphatic heterocycles. The zero-order chi connectivity index (χ0) is 69.6. The summed E-state index contributed by atoms with van der Waals surface area (Å²) in [5.41, 5.74) is 5.97. The smallest absolute Gasteiger partial charge is 0.331 e. The van der Waals surface area contributed by atoms with Crippen molar-refractivity contribution in [3.8, 4) is 28.7 Å². The lowest BCUT2D eigenvalue weighted by Crippen LogP contribution is -2.38. The van der Waals surface area contributed by atoms with E-state index in [0.29, 0.717) is 48.4 Å². The molecule has 0 spiro atoms. The zero-order valence-electron chi connectivity index (χ0n) is 57.5. The molecule has 1 aliphatic rings. The molecule has 1 aliphatic carbocycles. The molecule has 23 nitrogen and oxygen atoms in total. The standard InChI is InChI=1S/C24H35NO6.2C23H33NO7/c1-4-29-23(26)11-12-24(27)31-22(15-25-18(2)3)17-30-21-9-7-19(8-10-21)13-14-28-16-20-5-6-20;2*1-8-28-21(26)9-10-22(27)31-19(12-24-14(2)3)13-29-20-11-15(4)23(30-18(7)25)17(6)16(20)5/h7-12,18,20,22,25H,4-6,13-17H2,1-3H3;2*9-11,14,19,24H,8,12-13H2,1-7H3/b12-11-;2*10-9+. The number of carbonyl (C=O) groups is 8. The van der Waals surface area contributed by atoms with E-state index in [4.69, 9.17) is 56.8 Å². The number of aryl methyl sites for hydroxylation is 2. The van der Waals surface area contributed by atoms with Crippen molar-refractivity contribution >= 4 is 47.8 Å². The maximum Gasteiger partial charge on any atom is 0.331 e. The fourth-order valence-electron chi connectivity index (χ4n) is 8.07. The quantitative estimate of drug-likeness (QED) is 0.0160. The number of benzene rings is 3. The minimum atomic E-state index is -0.665. The number of rotatable bonds is 37. The first-order chi connectivity index (χ1) is 44.0. The van der Waals surface area contributed by atoms with Gasteiger partial charge in [-0.1, -0.05) is 53.7 Å². The summed E-state index contributed by atoms with van der Waals surface area (Å²) < 4.78 is 64.5. The van der Waals surface area contributed by atoms with Crippen LogP contribution in [0, 0.1) is 47.5 Å². The van der Waals surface area contributed by atoms with Gasteiger partial charge >= 0.3 is 47.8 Å². The molecule has 1 fully saturated rings. The highest BCUT2D eigenvalue weighted by atomic mass is 16.6. The van der Waals surface area contributed by atoms with Gasteiger partial charge in [-0.05, 0) is 151 Å². The Bertz CT molecular complexity index is 2810. The molecular weight excluding hydrogens is 1200 g/mol. The second-order valence-electron chi connectivity index (χ2n) is 22.7. The van der Waals surface area contributed by atoms with Crippen LogP contribution in [0.25, 0.3) is 0 Å². The third-order valence-corrected chi connectivity index (χ3v) is 13.3. The zero-order valence-corrected chi connectivity index (χ0v) is 57.5. The lowest BCUT2D eigenvalue weighted by atomic mass is 10.0. The SMILES string of the molecule is CCOC(=O)/C=C/C(=O)OC(CNC(C)C)COc1cc(C)c(OC(C)=O)c(C)c1C.CCOC(=O)/C=C/C(=O)OC(CNC(C)C)COc1cc(C)c(OC(C)=O)c(C)c1C.CCOC(=O)/C=C\C(=O)OC(CNC(C)C)COc1ccc(CCOCC2CC2)cc1. The second-order valence-corrected chi connectivity index (χ2v) is 22.7. The highest BCUT2D eigenvalue weighted by Crippen LogP contribution is 2.35. The minimum absolute atomic E-state index is 0.103. The van der Waals surface area contributed by atoms with E-state index in [9.17, 15) is 38.4 Å². The van der Waals surface area contributed by atoms with Gasteiger partial charge < -0.3 is 72.8 Å². The van der Waals surface area contributed by atoms with E-state index in [2.05, 4.69) is 16.0 Å². The van der Waals surface area contributed by atoms with E-state index in [1.807, 2.05) is 107 Å². The largest absolute Gasteiger partial charge is 0.490 e. The number of hydrogen-bond acceptors (Lipinski definition) is 23. The molecule has 3 aromatic carbocycles.